The molecule has 2 aliphatic rings. The summed E-state index contributed by atoms with van der Waals surface area (Å²) in [6.07, 6.45) is 13.0. The average molecular weight is 286 g/mol. The van der Waals surface area contributed by atoms with Crippen molar-refractivity contribution in [3.8, 4) is 5.75 Å². The summed E-state index contributed by atoms with van der Waals surface area (Å²) in [4.78, 5) is 0. The molecule has 0 aliphatic heterocycles. The second-order valence-corrected chi connectivity index (χ2v) is 7.97. The van der Waals surface area contributed by atoms with Crippen LogP contribution in [0.4, 0.5) is 0 Å². The molecule has 1 N–H and O–H groups in total. The lowest BCUT2D eigenvalue weighted by atomic mass is 9.68. The van der Waals surface area contributed by atoms with E-state index in [9.17, 15) is 5.11 Å². The van der Waals surface area contributed by atoms with Gasteiger partial charge in [-0.05, 0) is 53.7 Å². The monoisotopic (exact) mass is 286 g/mol. The molecule has 21 heavy (non-hydrogen) atoms. The van der Waals surface area contributed by atoms with Crippen LogP contribution in [-0.2, 0) is 10.8 Å². The molecule has 0 amide bonds. The first kappa shape index (κ1) is 14.9. The number of benzene rings is 1. The summed E-state index contributed by atoms with van der Waals surface area (Å²) in [5.74, 6) is 0.545. The molecular weight excluding hydrogens is 256 g/mol. The zero-order valence-corrected chi connectivity index (χ0v) is 13.8. The molecule has 0 radical (unpaired) electrons. The molecule has 2 saturated carbocycles. The van der Waals surface area contributed by atoms with E-state index >= 15 is 0 Å². The molecule has 0 unspecified atom stereocenters. The molecule has 116 valence electrons. The third kappa shape index (κ3) is 2.84. The number of rotatable bonds is 2. The van der Waals surface area contributed by atoms with E-state index in [2.05, 4.69) is 32.0 Å². The van der Waals surface area contributed by atoms with Gasteiger partial charge in [0.05, 0.1) is 0 Å². The van der Waals surface area contributed by atoms with Crippen LogP contribution in [-0.4, -0.2) is 5.11 Å². The minimum Gasteiger partial charge on any atom is -0.508 e. The molecule has 0 spiro atoms. The molecule has 2 fully saturated rings. The average Bonchev–Trinajstić information content (AvgIpc) is 2.48. The van der Waals surface area contributed by atoms with Crippen molar-refractivity contribution < 1.29 is 5.11 Å². The summed E-state index contributed by atoms with van der Waals surface area (Å²) in [6.45, 7) is 4.71. The molecule has 3 rings (SSSR count). The van der Waals surface area contributed by atoms with E-state index in [0.717, 1.165) is 0 Å². The van der Waals surface area contributed by atoms with Gasteiger partial charge in [0, 0.05) is 0 Å². The highest BCUT2D eigenvalue weighted by molar-refractivity contribution is 5.44. The lowest BCUT2D eigenvalue weighted by molar-refractivity contribution is 0.303. The Bertz CT molecular complexity index is 491. The topological polar surface area (TPSA) is 20.2 Å². The van der Waals surface area contributed by atoms with Gasteiger partial charge in [0.15, 0.2) is 0 Å². The van der Waals surface area contributed by atoms with Crippen LogP contribution in [0.3, 0.4) is 0 Å². The Balaban J connectivity index is 1.89. The van der Waals surface area contributed by atoms with E-state index in [0.29, 0.717) is 5.75 Å². The Hall–Kier alpha value is -0.980. The van der Waals surface area contributed by atoms with Crippen LogP contribution in [0, 0.1) is 0 Å². The van der Waals surface area contributed by atoms with Crippen LogP contribution in [0.2, 0.25) is 0 Å². The highest BCUT2D eigenvalue weighted by Crippen LogP contribution is 2.45. The maximum Gasteiger partial charge on any atom is 0.119 e. The molecule has 2 aliphatic carbocycles. The van der Waals surface area contributed by atoms with Gasteiger partial charge < -0.3 is 5.11 Å². The van der Waals surface area contributed by atoms with E-state index in [-0.39, 0.29) is 10.8 Å². The van der Waals surface area contributed by atoms with Gasteiger partial charge in [0.1, 0.15) is 5.75 Å². The fourth-order valence-electron chi connectivity index (χ4n) is 4.64. The van der Waals surface area contributed by atoms with E-state index in [1.165, 1.54) is 75.3 Å². The largest absolute Gasteiger partial charge is 0.508 e. The van der Waals surface area contributed by atoms with E-state index in [4.69, 9.17) is 0 Å². The maximum absolute atomic E-state index is 10.7. The maximum atomic E-state index is 10.7. The highest BCUT2D eigenvalue weighted by atomic mass is 16.3. The highest BCUT2D eigenvalue weighted by Gasteiger charge is 2.33. The first-order valence-corrected chi connectivity index (χ1v) is 8.88. The van der Waals surface area contributed by atoms with Crippen molar-refractivity contribution in [2.24, 2.45) is 0 Å². The normalized spacial score (nSPS) is 24.7. The Labute approximate surface area is 129 Å². The Kier molecular flexibility index (Phi) is 4.03. The predicted molar refractivity (Wildman–Crippen MR) is 89.0 cm³/mol. The van der Waals surface area contributed by atoms with Crippen LogP contribution in [0.15, 0.2) is 18.2 Å². The molecule has 0 saturated heterocycles. The summed E-state index contributed by atoms with van der Waals surface area (Å²) in [5, 5.41) is 10.7. The van der Waals surface area contributed by atoms with E-state index < -0.39 is 0 Å². The number of phenols is 1. The minimum atomic E-state index is 0.189. The van der Waals surface area contributed by atoms with E-state index in [1.807, 2.05) is 0 Å². The van der Waals surface area contributed by atoms with E-state index in [1.54, 1.807) is 0 Å². The van der Waals surface area contributed by atoms with Crippen molar-refractivity contribution in [2.45, 2.75) is 88.9 Å². The second kappa shape index (κ2) is 5.66. The van der Waals surface area contributed by atoms with Crippen molar-refractivity contribution in [3.63, 3.8) is 0 Å². The quantitative estimate of drug-likeness (QED) is 0.724. The zero-order chi connectivity index (χ0) is 14.9. The molecule has 0 aromatic heterocycles. The number of aromatic hydroxyl groups is 1. The SMILES string of the molecule is CC1(c2ccc(C3(C)CCCCC3)c(O)c2)CCCCC1. The molecule has 1 nitrogen and oxygen atoms in total. The van der Waals surface area contributed by atoms with Gasteiger partial charge in [-0.2, -0.15) is 0 Å². The third-order valence-electron chi connectivity index (χ3n) is 6.26. The minimum absolute atomic E-state index is 0.189. The van der Waals surface area contributed by atoms with Crippen LogP contribution >= 0.6 is 0 Å². The fourth-order valence-corrected chi connectivity index (χ4v) is 4.64. The summed E-state index contributed by atoms with van der Waals surface area (Å²) in [6, 6.07) is 6.62. The molecular formula is C20H30O. The summed E-state index contributed by atoms with van der Waals surface area (Å²) in [5.41, 5.74) is 3.00. The molecule has 0 heterocycles. The smallest absolute Gasteiger partial charge is 0.119 e. The number of phenolic OH excluding ortho intramolecular Hbond substituents is 1. The third-order valence-corrected chi connectivity index (χ3v) is 6.26. The number of hydrogen-bond donors (Lipinski definition) is 1. The first-order chi connectivity index (χ1) is 10.0. The van der Waals surface area contributed by atoms with Crippen LogP contribution in [0.5, 0.6) is 5.75 Å². The Morgan fingerprint density at radius 1 is 0.762 bits per heavy atom. The molecule has 0 atom stereocenters. The van der Waals surface area contributed by atoms with Crippen LogP contribution in [0.25, 0.3) is 0 Å². The molecule has 1 heteroatoms. The van der Waals surface area contributed by atoms with Gasteiger partial charge in [-0.15, -0.1) is 0 Å². The van der Waals surface area contributed by atoms with Crippen molar-refractivity contribution in [1.82, 2.24) is 0 Å². The van der Waals surface area contributed by atoms with Gasteiger partial charge in [0.25, 0.3) is 0 Å². The second-order valence-electron chi connectivity index (χ2n) is 7.97. The molecule has 1 aromatic carbocycles. The first-order valence-electron chi connectivity index (χ1n) is 8.88. The van der Waals surface area contributed by atoms with Gasteiger partial charge >= 0.3 is 0 Å². The number of hydrogen-bond acceptors (Lipinski definition) is 1. The molecule has 1 aromatic rings. The standard InChI is InChI=1S/C20H30O/c1-19(11-5-3-6-12-19)16-9-10-17(18(21)15-16)20(2)13-7-4-8-14-20/h9-10,15,21H,3-8,11-14H2,1-2H3. The summed E-state index contributed by atoms with van der Waals surface area (Å²) >= 11 is 0. The van der Waals surface area contributed by atoms with Crippen molar-refractivity contribution in [2.75, 3.05) is 0 Å². The van der Waals surface area contributed by atoms with Gasteiger partial charge in [-0.1, -0.05) is 64.5 Å². The Morgan fingerprint density at radius 2 is 1.29 bits per heavy atom. The fraction of sp³-hybridized carbons (Fsp3) is 0.700. The van der Waals surface area contributed by atoms with Crippen molar-refractivity contribution in [1.29, 1.82) is 0 Å². The van der Waals surface area contributed by atoms with Crippen LogP contribution in [0.1, 0.15) is 89.2 Å². The van der Waals surface area contributed by atoms with Gasteiger partial charge in [0.2, 0.25) is 0 Å². The predicted octanol–water partition coefficient (Wildman–Crippen LogP) is 5.84. The van der Waals surface area contributed by atoms with Crippen LogP contribution < -0.4 is 0 Å². The zero-order valence-electron chi connectivity index (χ0n) is 13.8. The lowest BCUT2D eigenvalue weighted by Gasteiger charge is -2.37. The van der Waals surface area contributed by atoms with Gasteiger partial charge in [-0.25, -0.2) is 0 Å². The Morgan fingerprint density at radius 3 is 1.81 bits per heavy atom. The van der Waals surface area contributed by atoms with Gasteiger partial charge in [-0.3, -0.25) is 0 Å². The summed E-state index contributed by atoms with van der Waals surface area (Å²) < 4.78 is 0. The van der Waals surface area contributed by atoms with Crippen molar-refractivity contribution in [3.05, 3.63) is 29.3 Å². The lowest BCUT2D eigenvalue weighted by Crippen LogP contribution is -2.27. The summed E-state index contributed by atoms with van der Waals surface area (Å²) in [7, 11) is 0. The van der Waals surface area contributed by atoms with Crippen molar-refractivity contribution >= 4 is 0 Å². The molecule has 0 bridgehead atoms.